The Kier molecular flexibility index (Phi) is 14.2. The number of phenols is 1. The van der Waals surface area contributed by atoms with E-state index in [1.165, 1.54) is 58.5 Å². The standard InChI is InChI=1S/C29H34N2O2S.C2H5NO.CH4O/c1-5-23(30-3)11-8-20(2)29-26(25-13-12-24(32)18-28(25)34-29)16-21-9-10-22(27(17-21)33-4)19-31-14-6-7-15-31;3-1-2-4;1-2/h5,8-13,17-18,30,32H,1,6-7,14-16,19H2,2-4H3;2H,1,3H2;2H,1H3/b20-8+,23-11+;;. The molecule has 1 fully saturated rings. The fourth-order valence-electron chi connectivity index (χ4n) is 4.59. The largest absolute Gasteiger partial charge is 0.508 e. The number of aliphatic hydroxyl groups excluding tert-OH is 1. The molecular weight excluding hydrogens is 522 g/mol. The zero-order valence-electron chi connectivity index (χ0n) is 24.1. The minimum absolute atomic E-state index is 0.139. The number of rotatable bonds is 10. The average molecular weight is 566 g/mol. The maximum absolute atomic E-state index is 10.1. The van der Waals surface area contributed by atoms with Crippen LogP contribution in [0.15, 0.2) is 66.9 Å². The fourth-order valence-corrected chi connectivity index (χ4v) is 5.83. The van der Waals surface area contributed by atoms with E-state index >= 15 is 0 Å². The number of carbonyl (C=O) groups is 1. The van der Waals surface area contributed by atoms with Crippen molar-refractivity contribution in [3.8, 4) is 11.5 Å². The first-order chi connectivity index (χ1) is 19.4. The van der Waals surface area contributed by atoms with Crippen molar-refractivity contribution in [2.24, 2.45) is 5.73 Å². The fraction of sp³-hybridized carbons (Fsp3) is 0.344. The highest BCUT2D eigenvalue weighted by Gasteiger charge is 2.17. The minimum Gasteiger partial charge on any atom is -0.508 e. The predicted octanol–water partition coefficient (Wildman–Crippen LogP) is 5.25. The quantitative estimate of drug-likeness (QED) is 0.197. The molecule has 0 atom stereocenters. The Balaban J connectivity index is 0.000000858. The number of hydrogen-bond acceptors (Lipinski definition) is 8. The molecule has 5 N–H and O–H groups in total. The number of nitrogens with one attached hydrogen (secondary N) is 1. The lowest BCUT2D eigenvalue weighted by Gasteiger charge is -2.18. The molecule has 216 valence electrons. The number of methoxy groups -OCH3 is 1. The van der Waals surface area contributed by atoms with E-state index in [0.29, 0.717) is 12.0 Å². The third kappa shape index (κ3) is 9.06. The molecule has 0 unspecified atom stereocenters. The number of phenolic OH excluding ortho intramolecular Hbond substituents is 1. The number of thiophene rings is 1. The molecule has 0 radical (unpaired) electrons. The van der Waals surface area contributed by atoms with Gasteiger partial charge >= 0.3 is 0 Å². The lowest BCUT2D eigenvalue weighted by atomic mass is 9.98. The Hall–Kier alpha value is -3.43. The number of hydrogen-bond donors (Lipinski definition) is 4. The molecule has 0 bridgehead atoms. The normalized spacial score (nSPS) is 13.7. The van der Waals surface area contributed by atoms with Crippen molar-refractivity contribution < 1.29 is 19.7 Å². The summed E-state index contributed by atoms with van der Waals surface area (Å²) in [6, 6.07) is 12.3. The number of likely N-dealkylation sites (tertiary alicyclic amines) is 1. The topological polar surface area (TPSA) is 108 Å². The lowest BCUT2D eigenvalue weighted by molar-refractivity contribution is -0.106. The molecular formula is C32H43N3O4S. The zero-order chi connectivity index (χ0) is 29.5. The number of aldehydes is 1. The summed E-state index contributed by atoms with van der Waals surface area (Å²) < 4.78 is 6.89. The van der Waals surface area contributed by atoms with E-state index in [9.17, 15) is 5.11 Å². The number of carbonyl (C=O) groups excluding carboxylic acids is 1. The summed E-state index contributed by atoms with van der Waals surface area (Å²) in [5.41, 5.74) is 10.6. The van der Waals surface area contributed by atoms with Crippen molar-refractivity contribution in [1.82, 2.24) is 10.2 Å². The van der Waals surface area contributed by atoms with E-state index in [4.69, 9.17) is 14.6 Å². The van der Waals surface area contributed by atoms with Crippen molar-refractivity contribution in [2.45, 2.75) is 32.7 Å². The maximum Gasteiger partial charge on any atom is 0.133 e. The average Bonchev–Trinajstić information content (AvgIpc) is 3.63. The highest BCUT2D eigenvalue weighted by Crippen LogP contribution is 2.39. The molecule has 0 saturated carbocycles. The summed E-state index contributed by atoms with van der Waals surface area (Å²) in [4.78, 5) is 12.8. The van der Waals surface area contributed by atoms with E-state index in [1.807, 2.05) is 31.3 Å². The first-order valence-electron chi connectivity index (χ1n) is 13.3. The predicted molar refractivity (Wildman–Crippen MR) is 168 cm³/mol. The molecule has 40 heavy (non-hydrogen) atoms. The molecule has 1 saturated heterocycles. The van der Waals surface area contributed by atoms with Gasteiger partial charge in [-0.1, -0.05) is 24.8 Å². The second kappa shape index (κ2) is 17.3. The van der Waals surface area contributed by atoms with Gasteiger partial charge in [0.1, 0.15) is 17.8 Å². The number of benzene rings is 2. The third-order valence-corrected chi connectivity index (χ3v) is 7.91. The van der Waals surface area contributed by atoms with Crippen LogP contribution in [0, 0.1) is 0 Å². The molecule has 0 aliphatic carbocycles. The molecule has 7 nitrogen and oxygen atoms in total. The Bertz CT molecular complexity index is 1310. The summed E-state index contributed by atoms with van der Waals surface area (Å²) >= 11 is 1.72. The van der Waals surface area contributed by atoms with E-state index in [0.717, 1.165) is 36.2 Å². The minimum atomic E-state index is 0.139. The van der Waals surface area contributed by atoms with Crippen LogP contribution in [0.2, 0.25) is 0 Å². The number of likely N-dealkylation sites (N-methyl/N-ethyl adjacent to an activating group) is 1. The van der Waals surface area contributed by atoms with Gasteiger partial charge in [0.25, 0.3) is 0 Å². The number of nitrogens with two attached hydrogens (primary N) is 1. The van der Waals surface area contributed by atoms with Crippen LogP contribution in [0.4, 0.5) is 0 Å². The van der Waals surface area contributed by atoms with Crippen LogP contribution >= 0.6 is 11.3 Å². The molecule has 0 spiro atoms. The zero-order valence-corrected chi connectivity index (χ0v) is 24.9. The Morgan fingerprint density at radius 1 is 1.18 bits per heavy atom. The SMILES string of the molecule is C=C/C(=C\C=C(/C)c1sc2cc(O)ccc2c1Cc1ccc(CN2CCCC2)c(OC)c1)NC.CO.NCC=O. The van der Waals surface area contributed by atoms with Crippen LogP contribution in [0.3, 0.4) is 0 Å². The molecule has 3 aromatic rings. The molecule has 4 rings (SSSR count). The monoisotopic (exact) mass is 565 g/mol. The van der Waals surface area contributed by atoms with Crippen LogP contribution in [0.1, 0.15) is 41.3 Å². The summed E-state index contributed by atoms with van der Waals surface area (Å²) in [6.07, 6.45) is 10.0. The summed E-state index contributed by atoms with van der Waals surface area (Å²) in [6.45, 7) is 9.42. The summed E-state index contributed by atoms with van der Waals surface area (Å²) in [7, 11) is 4.66. The van der Waals surface area contributed by atoms with Gasteiger partial charge in [-0.05, 0) is 97.8 Å². The van der Waals surface area contributed by atoms with Crippen molar-refractivity contribution in [3.05, 3.63) is 88.5 Å². The Morgan fingerprint density at radius 2 is 1.88 bits per heavy atom. The van der Waals surface area contributed by atoms with Gasteiger partial charge in [-0.3, -0.25) is 4.90 Å². The Morgan fingerprint density at radius 3 is 2.48 bits per heavy atom. The van der Waals surface area contributed by atoms with Crippen LogP contribution in [-0.2, 0) is 17.8 Å². The molecule has 1 aliphatic heterocycles. The van der Waals surface area contributed by atoms with Crippen LogP contribution in [0.25, 0.3) is 15.7 Å². The highest BCUT2D eigenvalue weighted by atomic mass is 32.1. The highest BCUT2D eigenvalue weighted by molar-refractivity contribution is 7.20. The first-order valence-corrected chi connectivity index (χ1v) is 14.2. The maximum atomic E-state index is 10.1. The number of nitrogens with zero attached hydrogens (tertiary/aromatic N) is 1. The number of allylic oxidation sites excluding steroid dienone is 4. The van der Waals surface area contributed by atoms with Gasteiger partial charge in [0.05, 0.1) is 7.11 Å². The van der Waals surface area contributed by atoms with E-state index < -0.39 is 0 Å². The number of aliphatic hydroxyl groups is 1. The first kappa shape index (κ1) is 32.8. The van der Waals surface area contributed by atoms with Gasteiger partial charge in [-0.2, -0.15) is 0 Å². The van der Waals surface area contributed by atoms with Crippen LogP contribution in [0.5, 0.6) is 11.5 Å². The van der Waals surface area contributed by atoms with Gasteiger partial charge in [0.15, 0.2) is 0 Å². The van der Waals surface area contributed by atoms with Crippen molar-refractivity contribution in [2.75, 3.05) is 40.9 Å². The van der Waals surface area contributed by atoms with Crippen LogP contribution < -0.4 is 15.8 Å². The lowest BCUT2D eigenvalue weighted by Crippen LogP contribution is -2.18. The van der Waals surface area contributed by atoms with E-state index in [2.05, 4.69) is 53.7 Å². The van der Waals surface area contributed by atoms with Crippen molar-refractivity contribution >= 4 is 33.3 Å². The summed E-state index contributed by atoms with van der Waals surface area (Å²) in [5, 5.41) is 21.4. The van der Waals surface area contributed by atoms with E-state index in [1.54, 1.807) is 24.5 Å². The molecule has 1 aromatic heterocycles. The van der Waals surface area contributed by atoms with Gasteiger partial charge < -0.3 is 30.8 Å². The van der Waals surface area contributed by atoms with Gasteiger partial charge in [-0.15, -0.1) is 11.3 Å². The number of fused-ring (bicyclic) bond motifs is 1. The molecule has 0 amide bonds. The van der Waals surface area contributed by atoms with Crippen molar-refractivity contribution in [1.29, 1.82) is 0 Å². The summed E-state index contributed by atoms with van der Waals surface area (Å²) in [5.74, 6) is 1.26. The number of ether oxygens (including phenoxy) is 1. The van der Waals surface area contributed by atoms with Crippen LogP contribution in [-0.4, -0.2) is 62.3 Å². The molecule has 2 aromatic carbocycles. The van der Waals surface area contributed by atoms with E-state index in [-0.39, 0.29) is 6.54 Å². The smallest absolute Gasteiger partial charge is 0.133 e. The number of aromatic hydroxyl groups is 1. The van der Waals surface area contributed by atoms with Crippen molar-refractivity contribution in [3.63, 3.8) is 0 Å². The molecule has 1 aliphatic rings. The second-order valence-corrected chi connectivity index (χ2v) is 10.3. The Labute approximate surface area is 242 Å². The molecule has 2 heterocycles. The molecule has 8 heteroatoms. The van der Waals surface area contributed by atoms with Gasteiger partial charge in [-0.25, -0.2) is 0 Å². The van der Waals surface area contributed by atoms with Gasteiger partial charge in [0.2, 0.25) is 0 Å². The van der Waals surface area contributed by atoms with Gasteiger partial charge in [0, 0.05) is 48.1 Å². The second-order valence-electron chi connectivity index (χ2n) is 9.22. The third-order valence-electron chi connectivity index (χ3n) is 6.58.